The first-order chi connectivity index (χ1) is 7.56. The van der Waals surface area contributed by atoms with Gasteiger partial charge in [0.2, 0.25) is 5.89 Å². The third-order valence-electron chi connectivity index (χ3n) is 2.01. The van der Waals surface area contributed by atoms with Gasteiger partial charge in [-0.2, -0.15) is 0 Å². The number of hydrogen-bond donors (Lipinski definition) is 2. The maximum absolute atomic E-state index is 11.7. The molecule has 0 aliphatic heterocycles. The van der Waals surface area contributed by atoms with Gasteiger partial charge >= 0.3 is 6.01 Å². The fourth-order valence-electron chi connectivity index (χ4n) is 1.32. The highest BCUT2D eigenvalue weighted by atomic mass is 16.4. The van der Waals surface area contributed by atoms with Crippen molar-refractivity contribution in [3.8, 4) is 0 Å². The molecule has 7 heteroatoms. The summed E-state index contributed by atoms with van der Waals surface area (Å²) in [5, 5.41) is 9.73. The number of nitrogens with zero attached hydrogens (tertiary/aromatic N) is 3. The Balaban J connectivity index is 2.17. The molecule has 16 heavy (non-hydrogen) atoms. The van der Waals surface area contributed by atoms with Crippen molar-refractivity contribution in [3.05, 3.63) is 23.8 Å². The molecule has 2 heterocycles. The van der Waals surface area contributed by atoms with E-state index in [1.807, 2.05) is 0 Å². The summed E-state index contributed by atoms with van der Waals surface area (Å²) in [4.78, 5) is 11.7. The summed E-state index contributed by atoms with van der Waals surface area (Å²) in [5.41, 5.74) is 6.51. The third kappa shape index (κ3) is 1.88. The molecule has 0 unspecified atom stereocenters. The van der Waals surface area contributed by atoms with Crippen LogP contribution in [0.2, 0.25) is 0 Å². The van der Waals surface area contributed by atoms with Crippen LogP contribution >= 0.6 is 0 Å². The Bertz CT molecular complexity index is 528. The number of carbonyl (C=O) groups excluding carboxylic acids is 1. The molecule has 0 saturated carbocycles. The van der Waals surface area contributed by atoms with Crippen LogP contribution < -0.4 is 11.1 Å². The fourth-order valence-corrected chi connectivity index (χ4v) is 1.32. The van der Waals surface area contributed by atoms with E-state index in [4.69, 9.17) is 10.2 Å². The number of nitrogens with two attached hydrogens (primary N) is 1. The van der Waals surface area contributed by atoms with Crippen LogP contribution in [0.4, 0.5) is 11.7 Å². The lowest BCUT2D eigenvalue weighted by Crippen LogP contribution is -2.15. The van der Waals surface area contributed by atoms with E-state index in [0.29, 0.717) is 17.3 Å². The van der Waals surface area contributed by atoms with Crippen molar-refractivity contribution in [2.45, 2.75) is 6.92 Å². The number of rotatable bonds is 2. The summed E-state index contributed by atoms with van der Waals surface area (Å²) < 4.78 is 6.65. The normalized spacial score (nSPS) is 10.4. The van der Waals surface area contributed by atoms with E-state index in [-0.39, 0.29) is 11.9 Å². The van der Waals surface area contributed by atoms with Gasteiger partial charge in [0, 0.05) is 20.2 Å². The Hall–Kier alpha value is -2.31. The van der Waals surface area contributed by atoms with E-state index >= 15 is 0 Å². The number of aromatic nitrogens is 3. The van der Waals surface area contributed by atoms with Gasteiger partial charge in [-0.3, -0.25) is 10.1 Å². The van der Waals surface area contributed by atoms with Crippen LogP contribution in [0.25, 0.3) is 0 Å². The van der Waals surface area contributed by atoms with E-state index in [2.05, 4.69) is 15.5 Å². The molecule has 0 atom stereocenters. The summed E-state index contributed by atoms with van der Waals surface area (Å²) in [6, 6.07) is 1.64. The first kappa shape index (κ1) is 10.2. The standard InChI is InChI=1S/C9H11N5O2/c1-5-12-13-9(16-5)11-8(15)7-3-6(10)4-14(7)2/h3-4H,10H2,1-2H3,(H,11,13,15). The Kier molecular flexibility index (Phi) is 2.35. The Morgan fingerprint density at radius 2 is 2.31 bits per heavy atom. The molecule has 2 rings (SSSR count). The molecule has 84 valence electrons. The molecule has 7 nitrogen and oxygen atoms in total. The summed E-state index contributed by atoms with van der Waals surface area (Å²) >= 11 is 0. The maximum Gasteiger partial charge on any atom is 0.322 e. The van der Waals surface area contributed by atoms with Gasteiger partial charge in [0.05, 0.1) is 5.69 Å². The summed E-state index contributed by atoms with van der Waals surface area (Å²) in [5.74, 6) is 0.0459. The molecule has 0 aliphatic rings. The van der Waals surface area contributed by atoms with Crippen molar-refractivity contribution in [1.82, 2.24) is 14.8 Å². The molecule has 1 amide bonds. The molecule has 0 radical (unpaired) electrons. The third-order valence-corrected chi connectivity index (χ3v) is 2.01. The first-order valence-corrected chi connectivity index (χ1v) is 4.59. The Morgan fingerprint density at radius 3 is 2.81 bits per heavy atom. The molecule has 0 aromatic carbocycles. The molecular formula is C9H11N5O2. The zero-order valence-corrected chi connectivity index (χ0v) is 8.89. The van der Waals surface area contributed by atoms with Gasteiger partial charge in [-0.05, 0) is 6.07 Å². The number of hydrogen-bond acceptors (Lipinski definition) is 5. The Morgan fingerprint density at radius 1 is 1.56 bits per heavy atom. The van der Waals surface area contributed by atoms with Crippen LogP contribution in [-0.2, 0) is 7.05 Å². The summed E-state index contributed by atoms with van der Waals surface area (Å²) in [7, 11) is 1.73. The lowest BCUT2D eigenvalue weighted by atomic mass is 10.4. The quantitative estimate of drug-likeness (QED) is 0.771. The summed E-state index contributed by atoms with van der Waals surface area (Å²) in [6.45, 7) is 1.64. The largest absolute Gasteiger partial charge is 0.408 e. The molecule has 0 spiro atoms. The predicted octanol–water partition coefficient (Wildman–Crippen LogP) is 0.551. The van der Waals surface area contributed by atoms with Gasteiger partial charge in [0.15, 0.2) is 0 Å². The summed E-state index contributed by atoms with van der Waals surface area (Å²) in [6.07, 6.45) is 1.65. The van der Waals surface area contributed by atoms with E-state index in [9.17, 15) is 4.79 Å². The second-order valence-corrected chi connectivity index (χ2v) is 3.35. The Labute approximate surface area is 91.3 Å². The highest BCUT2D eigenvalue weighted by Gasteiger charge is 2.13. The SMILES string of the molecule is Cc1nnc(NC(=O)c2cc(N)cn2C)o1. The highest BCUT2D eigenvalue weighted by molar-refractivity contribution is 6.02. The highest BCUT2D eigenvalue weighted by Crippen LogP contribution is 2.11. The molecule has 0 fully saturated rings. The molecule has 2 aromatic rings. The minimum absolute atomic E-state index is 0.0715. The lowest BCUT2D eigenvalue weighted by molar-refractivity contribution is 0.101. The van der Waals surface area contributed by atoms with E-state index in [0.717, 1.165) is 0 Å². The number of aryl methyl sites for hydroxylation is 2. The zero-order chi connectivity index (χ0) is 11.7. The minimum atomic E-state index is -0.345. The van der Waals surface area contributed by atoms with Crippen LogP contribution in [-0.4, -0.2) is 20.7 Å². The number of nitrogen functional groups attached to an aromatic ring is 1. The molecule has 3 N–H and O–H groups in total. The number of carbonyl (C=O) groups is 1. The van der Waals surface area contributed by atoms with Crippen LogP contribution in [0, 0.1) is 6.92 Å². The van der Waals surface area contributed by atoms with Crippen molar-refractivity contribution in [2.75, 3.05) is 11.1 Å². The van der Waals surface area contributed by atoms with Gasteiger partial charge in [0.1, 0.15) is 5.69 Å². The van der Waals surface area contributed by atoms with Crippen molar-refractivity contribution in [2.24, 2.45) is 7.05 Å². The van der Waals surface area contributed by atoms with Crippen molar-refractivity contribution in [1.29, 1.82) is 0 Å². The average molecular weight is 221 g/mol. The van der Waals surface area contributed by atoms with Gasteiger partial charge < -0.3 is 14.7 Å². The average Bonchev–Trinajstić information content (AvgIpc) is 2.73. The van der Waals surface area contributed by atoms with E-state index in [1.165, 1.54) is 0 Å². The lowest BCUT2D eigenvalue weighted by Gasteiger charge is -2.00. The van der Waals surface area contributed by atoms with E-state index < -0.39 is 0 Å². The van der Waals surface area contributed by atoms with Crippen LogP contribution in [0.1, 0.15) is 16.4 Å². The monoisotopic (exact) mass is 221 g/mol. The number of nitrogens with one attached hydrogen (secondary N) is 1. The fraction of sp³-hybridized carbons (Fsp3) is 0.222. The van der Waals surface area contributed by atoms with Gasteiger partial charge in [-0.25, -0.2) is 0 Å². The maximum atomic E-state index is 11.7. The number of amides is 1. The molecule has 0 bridgehead atoms. The smallest absolute Gasteiger partial charge is 0.322 e. The molecular weight excluding hydrogens is 210 g/mol. The van der Waals surface area contributed by atoms with Crippen LogP contribution in [0.5, 0.6) is 0 Å². The second kappa shape index (κ2) is 3.69. The zero-order valence-electron chi connectivity index (χ0n) is 8.89. The first-order valence-electron chi connectivity index (χ1n) is 4.59. The number of anilines is 2. The molecule has 0 aliphatic carbocycles. The second-order valence-electron chi connectivity index (χ2n) is 3.35. The predicted molar refractivity (Wildman–Crippen MR) is 56.8 cm³/mol. The van der Waals surface area contributed by atoms with Crippen LogP contribution in [0.3, 0.4) is 0 Å². The minimum Gasteiger partial charge on any atom is -0.408 e. The topological polar surface area (TPSA) is 99.0 Å². The molecule has 0 saturated heterocycles. The van der Waals surface area contributed by atoms with Gasteiger partial charge in [-0.15, -0.1) is 5.10 Å². The van der Waals surface area contributed by atoms with Gasteiger partial charge in [0.25, 0.3) is 5.91 Å². The van der Waals surface area contributed by atoms with Crippen LogP contribution in [0.15, 0.2) is 16.7 Å². The molecule has 2 aromatic heterocycles. The van der Waals surface area contributed by atoms with Crippen molar-refractivity contribution >= 4 is 17.6 Å². The van der Waals surface area contributed by atoms with Crippen molar-refractivity contribution < 1.29 is 9.21 Å². The van der Waals surface area contributed by atoms with Gasteiger partial charge in [-0.1, -0.05) is 5.10 Å². The van der Waals surface area contributed by atoms with Crippen molar-refractivity contribution in [3.63, 3.8) is 0 Å². The van der Waals surface area contributed by atoms with E-state index in [1.54, 1.807) is 30.8 Å².